The highest BCUT2D eigenvalue weighted by atomic mass is 35.5. The number of carbonyl (C=O) groups excluding carboxylic acids is 1. The fourth-order valence-corrected chi connectivity index (χ4v) is 4.68. The molecule has 0 bridgehead atoms. The second-order valence-electron chi connectivity index (χ2n) is 7.38. The van der Waals surface area contributed by atoms with Crippen molar-refractivity contribution in [1.29, 1.82) is 0 Å². The molecule has 0 spiro atoms. The molecular formula is C23H23ClN4OS. The fourth-order valence-electron chi connectivity index (χ4n) is 3.51. The van der Waals surface area contributed by atoms with E-state index in [9.17, 15) is 4.79 Å². The molecule has 2 aromatic carbocycles. The van der Waals surface area contributed by atoms with Crippen molar-refractivity contribution in [3.8, 4) is 0 Å². The minimum absolute atomic E-state index is 0.119. The molecule has 0 aliphatic carbocycles. The quantitative estimate of drug-likeness (QED) is 0.552. The number of aliphatic imine (C=N–C) groups is 1. The van der Waals surface area contributed by atoms with E-state index in [4.69, 9.17) is 16.6 Å². The number of anilines is 1. The van der Waals surface area contributed by atoms with Crippen LogP contribution in [-0.2, 0) is 6.54 Å². The van der Waals surface area contributed by atoms with Crippen LogP contribution in [0.15, 0.2) is 59.6 Å². The van der Waals surface area contributed by atoms with Gasteiger partial charge in [-0.15, -0.1) is 0 Å². The van der Waals surface area contributed by atoms with Gasteiger partial charge in [0.15, 0.2) is 5.17 Å². The van der Waals surface area contributed by atoms with E-state index in [0.717, 1.165) is 22.7 Å². The smallest absolute Gasteiger partial charge is 0.268 e. The third-order valence-electron chi connectivity index (χ3n) is 5.03. The highest BCUT2D eigenvalue weighted by molar-refractivity contribution is 8.14. The molecule has 1 amide bonds. The molecule has 1 atom stereocenters. The van der Waals surface area contributed by atoms with Crippen LogP contribution in [0.5, 0.6) is 0 Å². The van der Waals surface area contributed by atoms with E-state index in [1.165, 1.54) is 0 Å². The molecule has 2 heterocycles. The molecule has 0 saturated carbocycles. The predicted octanol–water partition coefficient (Wildman–Crippen LogP) is 5.34. The summed E-state index contributed by atoms with van der Waals surface area (Å²) >= 11 is 7.67. The fraction of sp³-hybridized carbons (Fsp3) is 0.261. The average molecular weight is 439 g/mol. The van der Waals surface area contributed by atoms with Crippen LogP contribution in [0.1, 0.15) is 34.2 Å². The standard InChI is InChI=1S/C23H23ClN4OS/c1-15-14-30-23(25-15)28(20-11-9-19(24)10-12-20)22(29)21-16(2)26-27(17(21)3)13-18-7-5-4-6-8-18/h4-12,15H,13-14H2,1-3H3. The van der Waals surface area contributed by atoms with Gasteiger partial charge in [-0.2, -0.15) is 5.10 Å². The van der Waals surface area contributed by atoms with Crippen molar-refractivity contribution in [3.63, 3.8) is 0 Å². The van der Waals surface area contributed by atoms with E-state index >= 15 is 0 Å². The van der Waals surface area contributed by atoms with Crippen molar-refractivity contribution in [2.75, 3.05) is 10.7 Å². The number of aromatic nitrogens is 2. The van der Waals surface area contributed by atoms with Crippen LogP contribution >= 0.6 is 23.4 Å². The molecule has 7 heteroatoms. The maximum absolute atomic E-state index is 13.8. The lowest BCUT2D eigenvalue weighted by atomic mass is 10.1. The first-order valence-corrected chi connectivity index (χ1v) is 11.2. The number of hydrogen-bond acceptors (Lipinski definition) is 4. The summed E-state index contributed by atoms with van der Waals surface area (Å²) in [7, 11) is 0. The van der Waals surface area contributed by atoms with Gasteiger partial charge in [-0.25, -0.2) is 0 Å². The summed E-state index contributed by atoms with van der Waals surface area (Å²) in [5.74, 6) is 0.741. The Morgan fingerprint density at radius 1 is 1.17 bits per heavy atom. The first-order valence-electron chi connectivity index (χ1n) is 9.82. The maximum Gasteiger partial charge on any atom is 0.268 e. The SMILES string of the molecule is Cc1nn(Cc2ccccc2)c(C)c1C(=O)N(C1=NC(C)CS1)c1ccc(Cl)cc1. The van der Waals surface area contributed by atoms with Gasteiger partial charge in [0.1, 0.15) is 0 Å². The number of benzene rings is 2. The molecule has 3 aromatic rings. The highest BCUT2D eigenvalue weighted by Crippen LogP contribution is 2.29. The molecule has 0 fully saturated rings. The number of carbonyl (C=O) groups is 1. The molecule has 1 unspecified atom stereocenters. The minimum atomic E-state index is -0.119. The van der Waals surface area contributed by atoms with Crippen LogP contribution < -0.4 is 4.90 Å². The van der Waals surface area contributed by atoms with Crippen LogP contribution in [0.3, 0.4) is 0 Å². The minimum Gasteiger partial charge on any atom is -0.268 e. The van der Waals surface area contributed by atoms with Crippen molar-refractivity contribution in [2.45, 2.75) is 33.4 Å². The molecular weight excluding hydrogens is 416 g/mol. The van der Waals surface area contributed by atoms with Gasteiger partial charge in [0.2, 0.25) is 0 Å². The van der Waals surface area contributed by atoms with Crippen molar-refractivity contribution in [3.05, 3.63) is 82.1 Å². The van der Waals surface area contributed by atoms with Gasteiger partial charge >= 0.3 is 0 Å². The summed E-state index contributed by atoms with van der Waals surface area (Å²) < 4.78 is 1.89. The third-order valence-corrected chi connectivity index (χ3v) is 6.48. The summed E-state index contributed by atoms with van der Waals surface area (Å²) in [6.45, 7) is 6.50. The Morgan fingerprint density at radius 2 is 1.87 bits per heavy atom. The van der Waals surface area contributed by atoms with Gasteiger partial charge in [0.25, 0.3) is 5.91 Å². The van der Waals surface area contributed by atoms with Gasteiger partial charge in [0.05, 0.1) is 29.5 Å². The Balaban J connectivity index is 1.73. The number of amides is 1. The number of halogens is 1. The molecule has 0 radical (unpaired) electrons. The predicted molar refractivity (Wildman–Crippen MR) is 125 cm³/mol. The van der Waals surface area contributed by atoms with Crippen LogP contribution in [0.2, 0.25) is 5.02 Å². The van der Waals surface area contributed by atoms with Crippen molar-refractivity contribution in [1.82, 2.24) is 9.78 Å². The summed E-state index contributed by atoms with van der Waals surface area (Å²) in [5, 5.41) is 6.00. The van der Waals surface area contributed by atoms with E-state index in [1.807, 2.05) is 48.9 Å². The maximum atomic E-state index is 13.8. The lowest BCUT2D eigenvalue weighted by Crippen LogP contribution is -2.35. The van der Waals surface area contributed by atoms with Gasteiger partial charge in [0, 0.05) is 16.5 Å². The molecule has 154 valence electrons. The Hall–Kier alpha value is -2.57. The normalized spacial score (nSPS) is 15.9. The molecule has 1 aliphatic heterocycles. The number of aryl methyl sites for hydroxylation is 1. The molecule has 30 heavy (non-hydrogen) atoms. The lowest BCUT2D eigenvalue weighted by Gasteiger charge is -2.22. The number of amidine groups is 1. The number of hydrogen-bond donors (Lipinski definition) is 0. The summed E-state index contributed by atoms with van der Waals surface area (Å²) in [4.78, 5) is 20.2. The number of thioether (sulfide) groups is 1. The third kappa shape index (κ3) is 4.16. The van der Waals surface area contributed by atoms with E-state index in [1.54, 1.807) is 28.8 Å². The summed E-state index contributed by atoms with van der Waals surface area (Å²) in [5.41, 5.74) is 4.06. The zero-order valence-electron chi connectivity index (χ0n) is 17.2. The van der Waals surface area contributed by atoms with Gasteiger partial charge in [-0.05, 0) is 50.6 Å². The van der Waals surface area contributed by atoms with Gasteiger partial charge in [-0.3, -0.25) is 19.4 Å². The first kappa shape index (κ1) is 20.7. The van der Waals surface area contributed by atoms with E-state index in [-0.39, 0.29) is 11.9 Å². The highest BCUT2D eigenvalue weighted by Gasteiger charge is 2.31. The second kappa shape index (κ2) is 8.66. The number of rotatable bonds is 4. The van der Waals surface area contributed by atoms with Crippen LogP contribution in [0.4, 0.5) is 5.69 Å². The van der Waals surface area contributed by atoms with Gasteiger partial charge < -0.3 is 0 Å². The Morgan fingerprint density at radius 3 is 2.50 bits per heavy atom. The van der Waals surface area contributed by atoms with Crippen molar-refractivity contribution < 1.29 is 4.79 Å². The van der Waals surface area contributed by atoms with Crippen LogP contribution in [0, 0.1) is 13.8 Å². The lowest BCUT2D eigenvalue weighted by molar-refractivity contribution is 0.100. The summed E-state index contributed by atoms with van der Waals surface area (Å²) in [6.07, 6.45) is 0. The largest absolute Gasteiger partial charge is 0.268 e. The Bertz CT molecular complexity index is 1090. The Kier molecular flexibility index (Phi) is 5.97. The van der Waals surface area contributed by atoms with E-state index < -0.39 is 0 Å². The topological polar surface area (TPSA) is 50.5 Å². The molecule has 5 nitrogen and oxygen atoms in total. The average Bonchev–Trinajstić information content (AvgIpc) is 3.27. The molecule has 1 aliphatic rings. The zero-order valence-corrected chi connectivity index (χ0v) is 18.7. The van der Waals surface area contributed by atoms with Crippen molar-refractivity contribution in [2.24, 2.45) is 4.99 Å². The summed E-state index contributed by atoms with van der Waals surface area (Å²) in [6, 6.07) is 17.6. The van der Waals surface area contributed by atoms with Crippen LogP contribution in [-0.4, -0.2) is 32.7 Å². The second-order valence-corrected chi connectivity index (χ2v) is 8.80. The van der Waals surface area contributed by atoms with Gasteiger partial charge in [-0.1, -0.05) is 53.7 Å². The number of nitrogens with zero attached hydrogens (tertiary/aromatic N) is 4. The molecule has 1 aromatic heterocycles. The first-order chi connectivity index (χ1) is 14.4. The Labute approximate surface area is 185 Å². The zero-order chi connectivity index (χ0) is 21.3. The molecule has 0 saturated heterocycles. The van der Waals surface area contributed by atoms with Crippen molar-refractivity contribution >= 4 is 40.1 Å². The molecule has 0 N–H and O–H groups in total. The van der Waals surface area contributed by atoms with Crippen LogP contribution in [0.25, 0.3) is 0 Å². The van der Waals surface area contributed by atoms with E-state index in [0.29, 0.717) is 28.0 Å². The molecule has 4 rings (SSSR count). The monoisotopic (exact) mass is 438 g/mol. The van der Waals surface area contributed by atoms with E-state index in [2.05, 4.69) is 24.2 Å².